The number of benzene rings is 2. The van der Waals surface area contributed by atoms with Crippen LogP contribution < -0.4 is 16.0 Å². The molecule has 4 amide bonds. The van der Waals surface area contributed by atoms with E-state index in [0.717, 1.165) is 38.9 Å². The van der Waals surface area contributed by atoms with Gasteiger partial charge in [0.1, 0.15) is 18.1 Å². The molecule has 1 aliphatic heterocycles. The van der Waals surface area contributed by atoms with Gasteiger partial charge in [0.05, 0.1) is 17.1 Å². The number of carbonyl (C=O) groups excluding carboxylic acids is 5. The van der Waals surface area contributed by atoms with E-state index < -0.39 is 24.1 Å². The van der Waals surface area contributed by atoms with E-state index in [1.54, 1.807) is 13.0 Å². The predicted molar refractivity (Wildman–Crippen MR) is 168 cm³/mol. The summed E-state index contributed by atoms with van der Waals surface area (Å²) in [6.07, 6.45) is 1.53. The number of hydrogen-bond acceptors (Lipinski definition) is 10. The van der Waals surface area contributed by atoms with Gasteiger partial charge < -0.3 is 30.4 Å². The first-order valence-electron chi connectivity index (χ1n) is 14.3. The van der Waals surface area contributed by atoms with Crippen molar-refractivity contribution in [3.63, 3.8) is 0 Å². The first-order valence-corrected chi connectivity index (χ1v) is 15.1. The van der Waals surface area contributed by atoms with Gasteiger partial charge in [0.2, 0.25) is 5.91 Å². The number of amides is 4. The zero-order chi connectivity index (χ0) is 32.5. The van der Waals surface area contributed by atoms with E-state index in [-0.39, 0.29) is 29.3 Å². The van der Waals surface area contributed by atoms with E-state index in [1.165, 1.54) is 13.1 Å². The zero-order valence-electron chi connectivity index (χ0n) is 25.1. The van der Waals surface area contributed by atoms with E-state index in [9.17, 15) is 29.1 Å². The zero-order valence-corrected chi connectivity index (χ0v) is 25.9. The molecule has 2 aromatic carbocycles. The van der Waals surface area contributed by atoms with E-state index >= 15 is 0 Å². The number of nitrogens with zero attached hydrogens (tertiary/aromatic N) is 2. The Bertz CT molecular complexity index is 1590. The second kappa shape index (κ2) is 15.4. The quantitative estimate of drug-likeness (QED) is 0.153. The predicted octanol–water partition coefficient (Wildman–Crippen LogP) is 2.52. The molecule has 0 radical (unpaired) electrons. The van der Waals surface area contributed by atoms with Crippen molar-refractivity contribution < 1.29 is 33.6 Å². The van der Waals surface area contributed by atoms with Gasteiger partial charge in [0.15, 0.2) is 5.69 Å². The summed E-state index contributed by atoms with van der Waals surface area (Å²) in [7, 11) is 1.44. The average molecular weight is 634 g/mol. The monoisotopic (exact) mass is 633 g/mol. The lowest BCUT2D eigenvalue weighted by Crippen LogP contribution is -2.52. The van der Waals surface area contributed by atoms with Crippen molar-refractivity contribution in [3.05, 3.63) is 93.2 Å². The van der Waals surface area contributed by atoms with Gasteiger partial charge in [-0.05, 0) is 61.2 Å². The largest absolute Gasteiger partial charge is 0.389 e. The second-order valence-electron chi connectivity index (χ2n) is 10.7. The Labute approximate surface area is 264 Å². The number of hydrogen-bond donors (Lipinski definition) is 4. The summed E-state index contributed by atoms with van der Waals surface area (Å²) in [6, 6.07) is 14.6. The fourth-order valence-corrected chi connectivity index (χ4v) is 5.33. The molecule has 0 saturated carbocycles. The van der Waals surface area contributed by atoms with Crippen LogP contribution in [0.1, 0.15) is 44.9 Å². The fraction of sp³-hybridized carbons (Fsp3) is 0.312. The number of carbonyl (C=O) groups is 5. The number of nitrogens with one attached hydrogen (secondary N) is 3. The van der Waals surface area contributed by atoms with Crippen molar-refractivity contribution in [2.45, 2.75) is 51.4 Å². The van der Waals surface area contributed by atoms with E-state index in [4.69, 9.17) is 4.52 Å². The third-order valence-corrected chi connectivity index (χ3v) is 8.11. The lowest BCUT2D eigenvalue weighted by molar-refractivity contribution is -0.123. The molecule has 4 rings (SSSR count). The first-order chi connectivity index (χ1) is 21.5. The molecule has 1 fully saturated rings. The van der Waals surface area contributed by atoms with Gasteiger partial charge in [-0.15, -0.1) is 0 Å². The van der Waals surface area contributed by atoms with Crippen LogP contribution in [0.4, 0.5) is 4.79 Å². The third kappa shape index (κ3) is 9.20. The molecule has 4 N–H and O–H groups in total. The first kappa shape index (κ1) is 33.3. The highest BCUT2D eigenvalue weighted by molar-refractivity contribution is 8.18. The smallest absolute Gasteiger partial charge is 0.293 e. The van der Waals surface area contributed by atoms with Gasteiger partial charge in [-0.25, -0.2) is 0 Å². The average Bonchev–Trinajstić information content (AvgIpc) is 3.57. The van der Waals surface area contributed by atoms with Crippen molar-refractivity contribution >= 4 is 47.1 Å². The highest BCUT2D eigenvalue weighted by Gasteiger charge is 2.32. The molecule has 1 aliphatic rings. The number of aliphatic hydroxyl groups excluding tert-OH is 1. The molecular formula is C32H35N5O7S. The van der Waals surface area contributed by atoms with Gasteiger partial charge in [0, 0.05) is 26.2 Å². The van der Waals surface area contributed by atoms with Crippen molar-refractivity contribution in [2.75, 3.05) is 13.6 Å². The van der Waals surface area contributed by atoms with Crippen LogP contribution in [0.25, 0.3) is 6.08 Å². The number of aryl methyl sites for hydroxylation is 3. The van der Waals surface area contributed by atoms with Gasteiger partial charge in [-0.3, -0.25) is 24.1 Å². The van der Waals surface area contributed by atoms with Gasteiger partial charge in [-0.2, -0.15) is 0 Å². The molecule has 45 heavy (non-hydrogen) atoms. The molecule has 3 atom stereocenters. The highest BCUT2D eigenvalue weighted by atomic mass is 32.2. The van der Waals surface area contributed by atoms with Crippen LogP contribution >= 0.6 is 11.8 Å². The maximum Gasteiger partial charge on any atom is 0.293 e. The fourth-order valence-electron chi connectivity index (χ4n) is 4.50. The maximum atomic E-state index is 13.3. The van der Waals surface area contributed by atoms with E-state index in [1.807, 2.05) is 55.5 Å². The molecule has 2 heterocycles. The van der Waals surface area contributed by atoms with Crippen LogP contribution in [0.15, 0.2) is 64.0 Å². The summed E-state index contributed by atoms with van der Waals surface area (Å²) >= 11 is 0.878. The summed E-state index contributed by atoms with van der Waals surface area (Å²) in [5, 5.41) is 22.4. The molecule has 0 bridgehead atoms. The SMILES string of the molecule is Cc1ccc(CNC(=O)[C@H](CCc2cccc(C=C3SC(=O)N(C)C3=O)c2)NC[C@H](O)[C@@H](C=O)NC(=O)c2cc(C)on2)cc1. The molecule has 12 nitrogen and oxygen atoms in total. The van der Waals surface area contributed by atoms with Gasteiger partial charge >= 0.3 is 0 Å². The van der Waals surface area contributed by atoms with Gasteiger partial charge in [0.25, 0.3) is 17.1 Å². The Balaban J connectivity index is 1.42. The molecule has 0 unspecified atom stereocenters. The standard InChI is InChI=1S/C32H35N5O7S/c1-19-7-9-22(10-8-19)16-34-29(40)24(33-17-27(39)26(18-38)35-30(41)25-13-20(2)44-36-25)12-11-21-5-4-6-23(14-21)15-28-31(42)37(3)32(43)45-28/h4-10,13-15,18,24,26-27,33,39H,11-12,16-17H2,1-3H3,(H,34,40)(H,35,41)/t24-,26+,27-/m0/s1. The van der Waals surface area contributed by atoms with Crippen molar-refractivity contribution in [2.24, 2.45) is 0 Å². The van der Waals surface area contributed by atoms with Crippen LogP contribution in [0, 0.1) is 13.8 Å². The molecule has 1 saturated heterocycles. The van der Waals surface area contributed by atoms with Crippen LogP contribution in [0.3, 0.4) is 0 Å². The number of aldehydes is 1. The number of likely N-dealkylation sites (N-methyl/N-ethyl adjacent to an activating group) is 1. The van der Waals surface area contributed by atoms with Crippen molar-refractivity contribution in [1.29, 1.82) is 0 Å². The van der Waals surface area contributed by atoms with Crippen LogP contribution in [0.5, 0.6) is 0 Å². The summed E-state index contributed by atoms with van der Waals surface area (Å²) in [6.45, 7) is 3.72. The summed E-state index contributed by atoms with van der Waals surface area (Å²) in [5.41, 5.74) is 3.62. The van der Waals surface area contributed by atoms with Crippen LogP contribution in [0.2, 0.25) is 0 Å². The number of rotatable bonds is 14. The summed E-state index contributed by atoms with van der Waals surface area (Å²) in [4.78, 5) is 63.0. The minimum Gasteiger partial charge on any atom is -0.389 e. The third-order valence-electron chi connectivity index (χ3n) is 7.15. The highest BCUT2D eigenvalue weighted by Crippen LogP contribution is 2.31. The lowest BCUT2D eigenvalue weighted by atomic mass is 10.0. The summed E-state index contributed by atoms with van der Waals surface area (Å²) in [5.74, 6) is -0.927. The molecule has 236 valence electrons. The summed E-state index contributed by atoms with van der Waals surface area (Å²) < 4.78 is 4.89. The Morgan fingerprint density at radius 2 is 1.84 bits per heavy atom. The van der Waals surface area contributed by atoms with Gasteiger partial charge in [-0.1, -0.05) is 59.3 Å². The number of aromatic nitrogens is 1. The number of aliphatic hydroxyl groups is 1. The minimum absolute atomic E-state index is 0.0275. The second-order valence-corrected chi connectivity index (χ2v) is 11.7. The van der Waals surface area contributed by atoms with Crippen molar-refractivity contribution in [3.8, 4) is 0 Å². The molecule has 0 spiro atoms. The number of imide groups is 1. The van der Waals surface area contributed by atoms with Crippen LogP contribution in [-0.4, -0.2) is 76.2 Å². The maximum absolute atomic E-state index is 13.3. The molecule has 1 aromatic heterocycles. The normalized spacial score (nSPS) is 16.0. The van der Waals surface area contributed by atoms with E-state index in [2.05, 4.69) is 21.1 Å². The minimum atomic E-state index is -1.34. The van der Waals surface area contributed by atoms with Crippen LogP contribution in [-0.2, 0) is 27.3 Å². The Morgan fingerprint density at radius 1 is 1.09 bits per heavy atom. The van der Waals surface area contributed by atoms with E-state index in [0.29, 0.717) is 36.3 Å². The number of thioether (sulfide) groups is 1. The lowest BCUT2D eigenvalue weighted by Gasteiger charge is -2.23. The topological polar surface area (TPSA) is 171 Å². The Kier molecular flexibility index (Phi) is 11.4. The molecule has 13 heteroatoms. The molecule has 0 aliphatic carbocycles. The van der Waals surface area contributed by atoms with Crippen molar-refractivity contribution in [1.82, 2.24) is 26.0 Å². The molecule has 3 aromatic rings. The Hall–Kier alpha value is -4.59. The Morgan fingerprint density at radius 3 is 2.49 bits per heavy atom. The molecular weight excluding hydrogens is 598 g/mol.